The van der Waals surface area contributed by atoms with E-state index in [4.69, 9.17) is 4.74 Å². The molecular formula is C20H24N2O2. The van der Waals surface area contributed by atoms with E-state index in [-0.39, 0.29) is 5.91 Å². The molecule has 4 nitrogen and oxygen atoms in total. The minimum Gasteiger partial charge on any atom is -0.494 e. The molecule has 2 aromatic rings. The maximum Gasteiger partial charge on any atom is 0.244 e. The van der Waals surface area contributed by atoms with Crippen LogP contribution in [0.2, 0.25) is 0 Å². The molecule has 2 aromatic carbocycles. The van der Waals surface area contributed by atoms with Crippen molar-refractivity contribution in [2.75, 3.05) is 6.61 Å². The lowest BCUT2D eigenvalue weighted by Crippen LogP contribution is -2.19. The van der Waals surface area contributed by atoms with E-state index in [0.29, 0.717) is 6.42 Å². The van der Waals surface area contributed by atoms with Crippen molar-refractivity contribution in [3.8, 4) is 5.75 Å². The molecule has 0 fully saturated rings. The Bertz CT molecular complexity index is 636. The lowest BCUT2D eigenvalue weighted by molar-refractivity contribution is -0.120. The van der Waals surface area contributed by atoms with Crippen LogP contribution in [0, 0.1) is 0 Å². The number of nitrogens with one attached hydrogen (secondary N) is 1. The zero-order valence-corrected chi connectivity index (χ0v) is 14.1. The summed E-state index contributed by atoms with van der Waals surface area (Å²) < 4.78 is 5.66. The Morgan fingerprint density at radius 3 is 2.54 bits per heavy atom. The highest BCUT2D eigenvalue weighted by Crippen LogP contribution is 2.11. The van der Waals surface area contributed by atoms with Crippen LogP contribution >= 0.6 is 0 Å². The summed E-state index contributed by atoms with van der Waals surface area (Å²) in [4.78, 5) is 11.8. The number of carbonyl (C=O) groups is 1. The van der Waals surface area contributed by atoms with Crippen molar-refractivity contribution in [1.82, 2.24) is 5.43 Å². The van der Waals surface area contributed by atoms with Crippen molar-refractivity contribution in [1.29, 1.82) is 0 Å². The number of unbranched alkanes of at least 4 members (excludes halogenated alkanes) is 2. The van der Waals surface area contributed by atoms with Gasteiger partial charge in [0.15, 0.2) is 0 Å². The van der Waals surface area contributed by atoms with Crippen molar-refractivity contribution in [2.45, 2.75) is 32.6 Å². The molecule has 0 heterocycles. The average molecular weight is 324 g/mol. The zero-order valence-electron chi connectivity index (χ0n) is 14.1. The quantitative estimate of drug-likeness (QED) is 0.431. The number of rotatable bonds is 9. The van der Waals surface area contributed by atoms with Crippen molar-refractivity contribution in [3.63, 3.8) is 0 Å². The van der Waals surface area contributed by atoms with Gasteiger partial charge in [0.1, 0.15) is 5.75 Å². The maximum absolute atomic E-state index is 11.8. The summed E-state index contributed by atoms with van der Waals surface area (Å²) in [6, 6.07) is 17.3. The van der Waals surface area contributed by atoms with Crippen molar-refractivity contribution in [3.05, 3.63) is 65.7 Å². The molecule has 0 bridgehead atoms. The van der Waals surface area contributed by atoms with Gasteiger partial charge >= 0.3 is 0 Å². The number of carbonyl (C=O) groups excluding carboxylic acids is 1. The average Bonchev–Trinajstić information content (AvgIpc) is 2.61. The molecule has 1 N–H and O–H groups in total. The van der Waals surface area contributed by atoms with E-state index in [1.807, 2.05) is 54.6 Å². The van der Waals surface area contributed by atoms with Gasteiger partial charge in [-0.2, -0.15) is 5.10 Å². The van der Waals surface area contributed by atoms with E-state index in [0.717, 1.165) is 29.9 Å². The number of hydrogen-bond acceptors (Lipinski definition) is 3. The molecule has 2 rings (SSSR count). The SMILES string of the molecule is CCCCCOc1ccc(C=NNC(=O)Cc2ccccc2)cc1. The van der Waals surface area contributed by atoms with E-state index in [2.05, 4.69) is 17.5 Å². The lowest BCUT2D eigenvalue weighted by atomic mass is 10.1. The van der Waals surface area contributed by atoms with Gasteiger partial charge in [0.05, 0.1) is 19.2 Å². The monoisotopic (exact) mass is 324 g/mol. The summed E-state index contributed by atoms with van der Waals surface area (Å²) in [6.07, 6.45) is 5.40. The maximum atomic E-state index is 11.8. The van der Waals surface area contributed by atoms with Gasteiger partial charge < -0.3 is 4.74 Å². The second-order valence-electron chi connectivity index (χ2n) is 5.58. The molecule has 0 spiro atoms. The first-order valence-electron chi connectivity index (χ1n) is 8.36. The Hall–Kier alpha value is -2.62. The highest BCUT2D eigenvalue weighted by atomic mass is 16.5. The van der Waals surface area contributed by atoms with E-state index < -0.39 is 0 Å². The zero-order chi connectivity index (χ0) is 17.0. The minimum atomic E-state index is -0.131. The van der Waals surface area contributed by atoms with Crippen LogP contribution in [-0.2, 0) is 11.2 Å². The van der Waals surface area contributed by atoms with Gasteiger partial charge in [-0.05, 0) is 41.8 Å². The molecule has 0 saturated carbocycles. The molecule has 24 heavy (non-hydrogen) atoms. The smallest absolute Gasteiger partial charge is 0.244 e. The summed E-state index contributed by atoms with van der Waals surface area (Å²) >= 11 is 0. The van der Waals surface area contributed by atoms with E-state index >= 15 is 0 Å². The summed E-state index contributed by atoms with van der Waals surface area (Å²) in [7, 11) is 0. The summed E-state index contributed by atoms with van der Waals surface area (Å²) in [5, 5.41) is 3.99. The molecule has 126 valence electrons. The van der Waals surface area contributed by atoms with Crippen LogP contribution in [0.4, 0.5) is 0 Å². The van der Waals surface area contributed by atoms with Crippen LogP contribution in [-0.4, -0.2) is 18.7 Å². The Morgan fingerprint density at radius 1 is 1.08 bits per heavy atom. The predicted molar refractivity (Wildman–Crippen MR) is 97.3 cm³/mol. The Kier molecular flexibility index (Phi) is 7.54. The topological polar surface area (TPSA) is 50.7 Å². The van der Waals surface area contributed by atoms with Gasteiger partial charge in [0.25, 0.3) is 0 Å². The molecule has 0 aliphatic heterocycles. The molecule has 0 aromatic heterocycles. The third kappa shape index (κ3) is 6.65. The Balaban J connectivity index is 1.74. The fourth-order valence-electron chi connectivity index (χ4n) is 2.19. The standard InChI is InChI=1S/C20H24N2O2/c1-2-3-7-14-24-19-12-10-18(11-13-19)16-21-22-20(23)15-17-8-5-4-6-9-17/h4-6,8-13,16H,2-3,7,14-15H2,1H3,(H,22,23). The van der Waals surface area contributed by atoms with Crippen LogP contribution in [0.15, 0.2) is 59.7 Å². The number of nitrogens with zero attached hydrogens (tertiary/aromatic N) is 1. The third-order valence-electron chi connectivity index (χ3n) is 3.51. The first-order valence-corrected chi connectivity index (χ1v) is 8.36. The molecule has 0 saturated heterocycles. The highest BCUT2D eigenvalue weighted by Gasteiger charge is 2.00. The molecule has 0 atom stereocenters. The molecule has 0 aliphatic rings. The second-order valence-corrected chi connectivity index (χ2v) is 5.58. The fraction of sp³-hybridized carbons (Fsp3) is 0.300. The van der Waals surface area contributed by atoms with Crippen molar-refractivity contribution < 1.29 is 9.53 Å². The normalized spacial score (nSPS) is 10.7. The Labute approximate surface area is 143 Å². The number of amides is 1. The highest BCUT2D eigenvalue weighted by molar-refractivity contribution is 5.83. The largest absolute Gasteiger partial charge is 0.494 e. The first kappa shape index (κ1) is 17.7. The van der Waals surface area contributed by atoms with Gasteiger partial charge in [-0.25, -0.2) is 5.43 Å². The Morgan fingerprint density at radius 2 is 1.83 bits per heavy atom. The van der Waals surface area contributed by atoms with E-state index in [9.17, 15) is 4.79 Å². The third-order valence-corrected chi connectivity index (χ3v) is 3.51. The van der Waals surface area contributed by atoms with Gasteiger partial charge in [-0.15, -0.1) is 0 Å². The van der Waals surface area contributed by atoms with Crippen LogP contribution < -0.4 is 10.2 Å². The van der Waals surface area contributed by atoms with Gasteiger partial charge in [-0.1, -0.05) is 50.1 Å². The van der Waals surface area contributed by atoms with Crippen LogP contribution in [0.5, 0.6) is 5.75 Å². The lowest BCUT2D eigenvalue weighted by Gasteiger charge is -2.05. The summed E-state index contributed by atoms with van der Waals surface area (Å²) in [5.41, 5.74) is 4.42. The molecule has 0 radical (unpaired) electrons. The van der Waals surface area contributed by atoms with Crippen LogP contribution in [0.3, 0.4) is 0 Å². The second kappa shape index (κ2) is 10.2. The van der Waals surface area contributed by atoms with Crippen molar-refractivity contribution in [2.24, 2.45) is 5.10 Å². The number of hydrazone groups is 1. The summed E-state index contributed by atoms with van der Waals surface area (Å²) in [6.45, 7) is 2.92. The predicted octanol–water partition coefficient (Wildman–Crippen LogP) is 3.95. The van der Waals surface area contributed by atoms with Gasteiger partial charge in [0.2, 0.25) is 5.91 Å². The van der Waals surface area contributed by atoms with Gasteiger partial charge in [-0.3, -0.25) is 4.79 Å². The molecule has 0 aliphatic carbocycles. The number of benzene rings is 2. The minimum absolute atomic E-state index is 0.131. The van der Waals surface area contributed by atoms with Crippen molar-refractivity contribution >= 4 is 12.1 Å². The first-order chi connectivity index (χ1) is 11.8. The van der Waals surface area contributed by atoms with E-state index in [1.54, 1.807) is 6.21 Å². The number of ether oxygens (including phenoxy) is 1. The molecule has 1 amide bonds. The van der Waals surface area contributed by atoms with E-state index in [1.165, 1.54) is 12.8 Å². The molecular weight excluding hydrogens is 300 g/mol. The molecule has 4 heteroatoms. The fourth-order valence-corrected chi connectivity index (χ4v) is 2.19. The number of hydrogen-bond donors (Lipinski definition) is 1. The van der Waals surface area contributed by atoms with Crippen LogP contribution in [0.1, 0.15) is 37.3 Å². The molecule has 0 unspecified atom stereocenters. The summed E-state index contributed by atoms with van der Waals surface area (Å²) in [5.74, 6) is 0.727. The van der Waals surface area contributed by atoms with Gasteiger partial charge in [0, 0.05) is 0 Å². The van der Waals surface area contributed by atoms with Crippen LogP contribution in [0.25, 0.3) is 0 Å².